The lowest BCUT2D eigenvalue weighted by Crippen LogP contribution is -2.56. The van der Waals surface area contributed by atoms with Crippen molar-refractivity contribution in [1.82, 2.24) is 0 Å². The smallest absolute Gasteiger partial charge is 0.179 e. The number of ketones is 1. The summed E-state index contributed by atoms with van der Waals surface area (Å²) in [5.74, 6) is 0.463. The molecule has 0 N–H and O–H groups in total. The van der Waals surface area contributed by atoms with E-state index in [-0.39, 0.29) is 17.6 Å². The Hall–Kier alpha value is 0.250. The summed E-state index contributed by atoms with van der Waals surface area (Å²) < 4.78 is -1.06. The minimum absolute atomic E-state index is 0.0860. The van der Waals surface area contributed by atoms with Gasteiger partial charge in [0.15, 0.2) is 10.1 Å². The molecule has 0 heterocycles. The molecule has 2 aliphatic carbocycles. The molecular formula is C14H22Cl2O. The van der Waals surface area contributed by atoms with Gasteiger partial charge < -0.3 is 0 Å². The maximum Gasteiger partial charge on any atom is 0.179 e. The number of Topliss-reactive ketones (excluding diaryl/α,β-unsaturated/α-hetero) is 1. The van der Waals surface area contributed by atoms with Gasteiger partial charge in [-0.05, 0) is 12.8 Å². The summed E-state index contributed by atoms with van der Waals surface area (Å²) in [6, 6.07) is 0. The van der Waals surface area contributed by atoms with Crippen LogP contribution in [0.1, 0.15) is 64.2 Å². The molecule has 3 heteroatoms. The summed E-state index contributed by atoms with van der Waals surface area (Å²) in [5.41, 5.74) is 0. The van der Waals surface area contributed by atoms with E-state index >= 15 is 0 Å². The molecule has 2 fully saturated rings. The molecule has 2 aliphatic rings. The van der Waals surface area contributed by atoms with Crippen LogP contribution in [0.25, 0.3) is 0 Å². The molecule has 1 nitrogen and oxygen atoms in total. The zero-order chi connectivity index (χ0) is 12.3. The summed E-state index contributed by atoms with van der Waals surface area (Å²) in [6.07, 6.45) is 12.3. The normalized spacial score (nSPS) is 35.1. The molecule has 0 radical (unpaired) electrons. The first-order valence-corrected chi connectivity index (χ1v) is 7.82. The maximum absolute atomic E-state index is 11.9. The van der Waals surface area contributed by atoms with E-state index in [2.05, 4.69) is 0 Å². The van der Waals surface area contributed by atoms with E-state index in [1.807, 2.05) is 0 Å². The summed E-state index contributed by atoms with van der Waals surface area (Å²) in [6.45, 7) is 0. The lowest BCUT2D eigenvalue weighted by Gasteiger charge is -2.46. The molecule has 0 bridgehead atoms. The minimum atomic E-state index is -1.06. The Morgan fingerprint density at radius 2 is 1.29 bits per heavy atom. The first-order chi connectivity index (χ1) is 8.14. The second kappa shape index (κ2) is 5.93. The molecule has 0 aromatic carbocycles. The van der Waals surface area contributed by atoms with Crippen LogP contribution in [-0.4, -0.2) is 10.1 Å². The largest absolute Gasteiger partial charge is 0.296 e. The van der Waals surface area contributed by atoms with Gasteiger partial charge >= 0.3 is 0 Å². The van der Waals surface area contributed by atoms with Crippen LogP contribution in [0, 0.1) is 11.8 Å². The third-order valence-electron chi connectivity index (χ3n) is 4.40. The molecule has 0 aliphatic heterocycles. The van der Waals surface area contributed by atoms with Crippen molar-refractivity contribution in [3.8, 4) is 0 Å². The summed E-state index contributed by atoms with van der Waals surface area (Å²) >= 11 is 12.3. The van der Waals surface area contributed by atoms with Crippen LogP contribution in [0.15, 0.2) is 0 Å². The third kappa shape index (κ3) is 2.98. The highest BCUT2D eigenvalue weighted by atomic mass is 35.5. The molecule has 2 saturated carbocycles. The second-order valence-corrected chi connectivity index (χ2v) is 6.99. The standard InChI is InChI=1S/C14H22Cl2O/c15-14(16)12-10-8-6-4-2-1-3-5-7-9-11(12)13(14)17/h11-12H,1-10H2. The lowest BCUT2D eigenvalue weighted by atomic mass is 9.66. The highest BCUT2D eigenvalue weighted by Gasteiger charge is 2.58. The van der Waals surface area contributed by atoms with Crippen molar-refractivity contribution in [3.63, 3.8) is 0 Å². The minimum Gasteiger partial charge on any atom is -0.296 e. The fraction of sp³-hybridized carbons (Fsp3) is 0.929. The molecule has 0 amide bonds. The van der Waals surface area contributed by atoms with Crippen molar-refractivity contribution < 1.29 is 4.79 Å². The number of alkyl halides is 2. The Bertz CT molecular complexity index is 275. The van der Waals surface area contributed by atoms with Gasteiger partial charge in [0.05, 0.1) is 0 Å². The van der Waals surface area contributed by atoms with Crippen LogP contribution in [-0.2, 0) is 4.79 Å². The Balaban J connectivity index is 1.92. The van der Waals surface area contributed by atoms with Gasteiger partial charge in [-0.25, -0.2) is 0 Å². The molecule has 2 unspecified atom stereocenters. The van der Waals surface area contributed by atoms with Gasteiger partial charge in [-0.3, -0.25) is 4.79 Å². The Kier molecular flexibility index (Phi) is 4.77. The molecule has 2 rings (SSSR count). The van der Waals surface area contributed by atoms with Gasteiger partial charge in [-0.2, -0.15) is 0 Å². The fourth-order valence-corrected chi connectivity index (χ4v) is 4.08. The first-order valence-electron chi connectivity index (χ1n) is 7.06. The average molecular weight is 277 g/mol. The van der Waals surface area contributed by atoms with Crippen LogP contribution in [0.2, 0.25) is 0 Å². The number of halogens is 2. The van der Waals surface area contributed by atoms with E-state index in [0.717, 1.165) is 19.3 Å². The van der Waals surface area contributed by atoms with Crippen LogP contribution >= 0.6 is 23.2 Å². The molecule has 0 saturated heterocycles. The molecule has 2 atom stereocenters. The molecule has 0 aromatic rings. The first kappa shape index (κ1) is 13.7. The topological polar surface area (TPSA) is 17.1 Å². The van der Waals surface area contributed by atoms with Gasteiger partial charge in [0.1, 0.15) is 0 Å². The highest BCUT2D eigenvalue weighted by Crippen LogP contribution is 2.53. The van der Waals surface area contributed by atoms with E-state index in [0.29, 0.717) is 0 Å². The molecule has 17 heavy (non-hydrogen) atoms. The maximum atomic E-state index is 11.9. The number of carbonyl (C=O) groups excluding carboxylic acids is 1. The fourth-order valence-electron chi connectivity index (χ4n) is 3.27. The van der Waals surface area contributed by atoms with Crippen molar-refractivity contribution in [2.24, 2.45) is 11.8 Å². The SMILES string of the molecule is O=C1C2CCCCCCCCCCC2C1(Cl)Cl. The number of hydrogen-bond acceptors (Lipinski definition) is 1. The van der Waals surface area contributed by atoms with Crippen molar-refractivity contribution in [3.05, 3.63) is 0 Å². The number of carbonyl (C=O) groups is 1. The predicted molar refractivity (Wildman–Crippen MR) is 72.6 cm³/mol. The van der Waals surface area contributed by atoms with Crippen molar-refractivity contribution in [1.29, 1.82) is 0 Å². The van der Waals surface area contributed by atoms with E-state index in [1.54, 1.807) is 0 Å². The predicted octanol–water partition coefficient (Wildman–Crippen LogP) is 4.89. The monoisotopic (exact) mass is 276 g/mol. The van der Waals surface area contributed by atoms with Gasteiger partial charge in [0.2, 0.25) is 0 Å². The number of rotatable bonds is 0. The lowest BCUT2D eigenvalue weighted by molar-refractivity contribution is -0.136. The number of fused-ring (bicyclic) bond motifs is 1. The summed E-state index contributed by atoms with van der Waals surface area (Å²) in [7, 11) is 0. The summed E-state index contributed by atoms with van der Waals surface area (Å²) in [4.78, 5) is 11.9. The molecular weight excluding hydrogens is 255 g/mol. The van der Waals surface area contributed by atoms with Crippen LogP contribution < -0.4 is 0 Å². The Morgan fingerprint density at radius 1 is 0.824 bits per heavy atom. The van der Waals surface area contributed by atoms with E-state index in [4.69, 9.17) is 23.2 Å². The van der Waals surface area contributed by atoms with Crippen molar-refractivity contribution in [2.75, 3.05) is 0 Å². The van der Waals surface area contributed by atoms with Gasteiger partial charge in [-0.1, -0.05) is 74.6 Å². The highest BCUT2D eigenvalue weighted by molar-refractivity contribution is 6.60. The van der Waals surface area contributed by atoms with E-state index in [1.165, 1.54) is 44.9 Å². The average Bonchev–Trinajstić information content (AvgIpc) is 2.29. The van der Waals surface area contributed by atoms with E-state index in [9.17, 15) is 4.79 Å². The quantitative estimate of drug-likeness (QED) is 0.576. The van der Waals surface area contributed by atoms with Gasteiger partial charge in [0.25, 0.3) is 0 Å². The third-order valence-corrected chi connectivity index (χ3v) is 5.33. The van der Waals surface area contributed by atoms with Crippen molar-refractivity contribution in [2.45, 2.75) is 68.5 Å². The van der Waals surface area contributed by atoms with Crippen LogP contribution in [0.4, 0.5) is 0 Å². The van der Waals surface area contributed by atoms with Crippen LogP contribution in [0.3, 0.4) is 0 Å². The zero-order valence-electron chi connectivity index (χ0n) is 10.4. The van der Waals surface area contributed by atoms with E-state index < -0.39 is 4.33 Å². The number of hydrogen-bond donors (Lipinski definition) is 0. The van der Waals surface area contributed by atoms with Gasteiger partial charge in [0, 0.05) is 11.8 Å². The Labute approximate surface area is 114 Å². The molecule has 98 valence electrons. The summed E-state index contributed by atoms with van der Waals surface area (Å²) in [5, 5.41) is 0. The Morgan fingerprint density at radius 3 is 1.88 bits per heavy atom. The van der Waals surface area contributed by atoms with Gasteiger partial charge in [-0.15, -0.1) is 0 Å². The molecule has 0 spiro atoms. The van der Waals surface area contributed by atoms with Crippen molar-refractivity contribution >= 4 is 29.0 Å². The zero-order valence-corrected chi connectivity index (χ0v) is 11.9. The molecule has 0 aromatic heterocycles. The second-order valence-electron chi connectivity index (χ2n) is 5.61. The van der Waals surface area contributed by atoms with Crippen LogP contribution in [0.5, 0.6) is 0 Å².